The molecule has 1 N–H and O–H groups in total. The number of benzene rings is 1. The lowest BCUT2D eigenvalue weighted by Gasteiger charge is -2.31. The van der Waals surface area contributed by atoms with Crippen molar-refractivity contribution in [2.75, 3.05) is 11.5 Å². The lowest BCUT2D eigenvalue weighted by molar-refractivity contribution is 0.0921. The minimum Gasteiger partial charge on any atom is -0.349 e. The van der Waals surface area contributed by atoms with E-state index in [1.807, 2.05) is 48.2 Å². The number of hydrogen-bond donors (Lipinski definition) is 1. The van der Waals surface area contributed by atoms with Gasteiger partial charge in [-0.05, 0) is 67.7 Å². The molecule has 1 saturated carbocycles. The van der Waals surface area contributed by atoms with Crippen LogP contribution in [-0.2, 0) is 0 Å². The third-order valence-electron chi connectivity index (χ3n) is 7.98. The molecule has 0 bridgehead atoms. The Morgan fingerprint density at radius 2 is 1.60 bits per heavy atom. The predicted octanol–water partition coefficient (Wildman–Crippen LogP) is 4.74. The molecule has 0 radical (unpaired) electrons. The number of carbonyl (C=O) groups excluding carboxylic acids is 1. The minimum atomic E-state index is -0.599. The number of hydrogen-bond acceptors (Lipinski definition) is 6. The molecular weight excluding hydrogens is 529 g/mol. The molecule has 6 rings (SSSR count). The normalized spacial score (nSPS) is 19.9. The van der Waals surface area contributed by atoms with Crippen molar-refractivity contribution in [2.24, 2.45) is 0 Å². The van der Waals surface area contributed by atoms with Crippen LogP contribution in [-0.4, -0.2) is 42.6 Å². The summed E-state index contributed by atoms with van der Waals surface area (Å²) in [5.41, 5.74) is 1.73. The maximum Gasteiger partial charge on any atom is 0.333 e. The first-order chi connectivity index (χ1) is 19.5. The number of fused-ring (bicyclic) bond motifs is 1. The Balaban J connectivity index is 1.21. The fraction of sp³-hybridized carbons (Fsp3) is 0.367. The van der Waals surface area contributed by atoms with E-state index in [1.165, 1.54) is 10.6 Å². The van der Waals surface area contributed by atoms with Gasteiger partial charge >= 0.3 is 5.69 Å². The van der Waals surface area contributed by atoms with E-state index in [0.717, 1.165) is 41.7 Å². The molecular formula is C30H30FN5O3S. The molecule has 10 heteroatoms. The van der Waals surface area contributed by atoms with Crippen molar-refractivity contribution < 1.29 is 9.18 Å². The van der Waals surface area contributed by atoms with E-state index in [2.05, 4.69) is 15.3 Å². The van der Waals surface area contributed by atoms with Gasteiger partial charge in [-0.2, -0.15) is 11.8 Å². The van der Waals surface area contributed by atoms with E-state index in [1.54, 1.807) is 17.0 Å². The van der Waals surface area contributed by atoms with Gasteiger partial charge in [0.1, 0.15) is 11.5 Å². The maximum atomic E-state index is 14.2. The summed E-state index contributed by atoms with van der Waals surface area (Å²) in [7, 11) is 0. The first-order valence-electron chi connectivity index (χ1n) is 13.7. The molecule has 2 aliphatic rings. The molecule has 40 heavy (non-hydrogen) atoms. The van der Waals surface area contributed by atoms with Gasteiger partial charge in [0, 0.05) is 36.1 Å². The maximum absolute atomic E-state index is 14.2. The fourth-order valence-corrected chi connectivity index (χ4v) is 6.98. The van der Waals surface area contributed by atoms with E-state index >= 15 is 0 Å². The van der Waals surface area contributed by atoms with Gasteiger partial charge in [-0.3, -0.25) is 23.7 Å². The lowest BCUT2D eigenvalue weighted by Crippen LogP contribution is -2.46. The summed E-state index contributed by atoms with van der Waals surface area (Å²) in [6.07, 6.45) is 8.31. The zero-order valence-electron chi connectivity index (χ0n) is 22.0. The minimum absolute atomic E-state index is 0.0723. The Kier molecular flexibility index (Phi) is 7.51. The van der Waals surface area contributed by atoms with Crippen molar-refractivity contribution in [3.05, 3.63) is 93.3 Å². The number of nitrogens with zero attached hydrogens (tertiary/aromatic N) is 4. The molecule has 1 amide bonds. The van der Waals surface area contributed by atoms with Crippen molar-refractivity contribution in [3.8, 4) is 11.1 Å². The second kappa shape index (κ2) is 11.4. The van der Waals surface area contributed by atoms with Crippen molar-refractivity contribution in [2.45, 2.75) is 56.7 Å². The number of thioether (sulfide) groups is 1. The molecule has 4 heterocycles. The molecule has 8 nitrogen and oxygen atoms in total. The topological polar surface area (TPSA) is 98.9 Å². The molecule has 3 aromatic heterocycles. The monoisotopic (exact) mass is 559 g/mol. The van der Waals surface area contributed by atoms with Crippen LogP contribution in [0.3, 0.4) is 0 Å². The largest absolute Gasteiger partial charge is 0.349 e. The molecule has 1 saturated heterocycles. The van der Waals surface area contributed by atoms with Crippen LogP contribution in [0, 0.1) is 5.82 Å². The molecule has 4 aromatic rings. The number of carbonyl (C=O) groups is 1. The summed E-state index contributed by atoms with van der Waals surface area (Å²) in [5, 5.41) is 3.24. The molecule has 2 fully saturated rings. The van der Waals surface area contributed by atoms with Gasteiger partial charge in [-0.1, -0.05) is 30.3 Å². The highest BCUT2D eigenvalue weighted by Crippen LogP contribution is 2.30. The van der Waals surface area contributed by atoms with Gasteiger partial charge in [0.05, 0.1) is 17.1 Å². The van der Waals surface area contributed by atoms with Gasteiger partial charge in [0.25, 0.3) is 11.5 Å². The van der Waals surface area contributed by atoms with Gasteiger partial charge in [-0.15, -0.1) is 0 Å². The van der Waals surface area contributed by atoms with Crippen LogP contribution < -0.4 is 16.6 Å². The zero-order chi connectivity index (χ0) is 27.6. The Morgan fingerprint density at radius 3 is 2.35 bits per heavy atom. The molecule has 1 aliphatic carbocycles. The molecule has 1 aromatic carbocycles. The van der Waals surface area contributed by atoms with E-state index in [-0.39, 0.29) is 40.8 Å². The van der Waals surface area contributed by atoms with Crippen LogP contribution in [0.1, 0.15) is 61.0 Å². The van der Waals surface area contributed by atoms with Crippen molar-refractivity contribution in [3.63, 3.8) is 0 Å². The first-order valence-corrected chi connectivity index (χ1v) is 14.9. The molecule has 206 valence electrons. The predicted molar refractivity (Wildman–Crippen MR) is 154 cm³/mol. The number of rotatable bonds is 5. The Morgan fingerprint density at radius 1 is 0.875 bits per heavy atom. The fourth-order valence-electron chi connectivity index (χ4n) is 5.90. The molecule has 1 aliphatic heterocycles. The standard InChI is InChI=1S/C30H30FN5O3S/c31-22-15-26-27(33-18-22)35(25-10-12-40-13-11-25)30(39)36(29(26)38)24-8-6-23(7-9-24)34-28(37)21-14-20(16-32-17-21)19-4-2-1-3-5-19/h1-5,14-18,23-25H,6-13H2,(H,34,37)/t23-,24+. The third kappa shape index (κ3) is 5.20. The Hall–Kier alpha value is -3.79. The van der Waals surface area contributed by atoms with E-state index in [4.69, 9.17) is 0 Å². The Labute approximate surface area is 234 Å². The van der Waals surface area contributed by atoms with Crippen LogP contribution in [0.2, 0.25) is 0 Å². The van der Waals surface area contributed by atoms with E-state index in [0.29, 0.717) is 31.2 Å². The number of amides is 1. The summed E-state index contributed by atoms with van der Waals surface area (Å²) < 4.78 is 17.1. The SMILES string of the molecule is O=C(N[C@H]1CC[C@@H](n2c(=O)c3cc(F)cnc3n(C3CCSCC3)c2=O)CC1)c1cncc(-c2ccccc2)c1. The van der Waals surface area contributed by atoms with Crippen LogP contribution >= 0.6 is 11.8 Å². The smallest absolute Gasteiger partial charge is 0.333 e. The van der Waals surface area contributed by atoms with Crippen LogP contribution in [0.25, 0.3) is 22.2 Å². The number of pyridine rings is 2. The highest BCUT2D eigenvalue weighted by molar-refractivity contribution is 7.99. The van der Waals surface area contributed by atoms with Crippen LogP contribution in [0.4, 0.5) is 4.39 Å². The zero-order valence-corrected chi connectivity index (χ0v) is 22.8. The van der Waals surface area contributed by atoms with Crippen molar-refractivity contribution >= 4 is 28.7 Å². The number of halogens is 1. The third-order valence-corrected chi connectivity index (χ3v) is 9.03. The van der Waals surface area contributed by atoms with Gasteiger partial charge in [-0.25, -0.2) is 14.2 Å². The van der Waals surface area contributed by atoms with Gasteiger partial charge < -0.3 is 5.32 Å². The van der Waals surface area contributed by atoms with Gasteiger partial charge in [0.15, 0.2) is 0 Å². The van der Waals surface area contributed by atoms with E-state index in [9.17, 15) is 18.8 Å². The second-order valence-corrected chi connectivity index (χ2v) is 11.7. The summed E-state index contributed by atoms with van der Waals surface area (Å²) in [6.45, 7) is 0. The van der Waals surface area contributed by atoms with Gasteiger partial charge in [0.2, 0.25) is 0 Å². The molecule has 0 atom stereocenters. The van der Waals surface area contributed by atoms with E-state index < -0.39 is 11.4 Å². The summed E-state index contributed by atoms with van der Waals surface area (Å²) >= 11 is 1.84. The van der Waals surface area contributed by atoms with Crippen LogP contribution in [0.5, 0.6) is 0 Å². The summed E-state index contributed by atoms with van der Waals surface area (Å²) in [5.74, 6) is 1.05. The highest BCUT2D eigenvalue weighted by Gasteiger charge is 2.30. The summed E-state index contributed by atoms with van der Waals surface area (Å²) in [6, 6.07) is 12.3. The van der Waals surface area contributed by atoms with Crippen molar-refractivity contribution in [1.82, 2.24) is 24.4 Å². The van der Waals surface area contributed by atoms with Crippen molar-refractivity contribution in [1.29, 1.82) is 0 Å². The van der Waals surface area contributed by atoms with Crippen LogP contribution in [0.15, 0.2) is 70.6 Å². The quantitative estimate of drug-likeness (QED) is 0.379. The lowest BCUT2D eigenvalue weighted by atomic mass is 9.90. The number of aromatic nitrogens is 4. The average Bonchev–Trinajstić information content (AvgIpc) is 2.99. The average molecular weight is 560 g/mol. The number of nitrogens with one attached hydrogen (secondary N) is 1. The summed E-state index contributed by atoms with van der Waals surface area (Å²) in [4.78, 5) is 48.8. The molecule has 0 spiro atoms. The second-order valence-electron chi connectivity index (χ2n) is 10.5. The highest BCUT2D eigenvalue weighted by atomic mass is 32.2. The Bertz CT molecular complexity index is 1660. The first kappa shape index (κ1) is 26.4. The molecule has 0 unspecified atom stereocenters.